The number of aromatic nitrogens is 3. The molecule has 2 fully saturated rings. The number of hydrogen-bond donors (Lipinski definition) is 0. The van der Waals surface area contributed by atoms with E-state index in [-0.39, 0.29) is 5.91 Å². The SMILES string of the molecule is CCCOc1cccnc1C(=O)N1CC2CN(c3cnc4ccccc4n3)CC2C1. The van der Waals surface area contributed by atoms with Gasteiger partial charge in [-0.2, -0.15) is 0 Å². The Morgan fingerprint density at radius 3 is 2.57 bits per heavy atom. The van der Waals surface area contributed by atoms with Gasteiger partial charge in [-0.3, -0.25) is 9.78 Å². The van der Waals surface area contributed by atoms with Crippen LogP contribution in [0.3, 0.4) is 0 Å². The lowest BCUT2D eigenvalue weighted by Gasteiger charge is -2.22. The molecule has 0 saturated carbocycles. The van der Waals surface area contributed by atoms with Gasteiger partial charge >= 0.3 is 0 Å². The van der Waals surface area contributed by atoms with Gasteiger partial charge in [-0.1, -0.05) is 19.1 Å². The summed E-state index contributed by atoms with van der Waals surface area (Å²) in [7, 11) is 0. The molecule has 0 bridgehead atoms. The number of benzene rings is 1. The summed E-state index contributed by atoms with van der Waals surface area (Å²) in [6.07, 6.45) is 4.41. The third-order valence-electron chi connectivity index (χ3n) is 5.97. The van der Waals surface area contributed by atoms with Crippen molar-refractivity contribution in [3.8, 4) is 5.75 Å². The molecule has 2 aliphatic rings. The Bertz CT molecular complexity index is 1060. The predicted octanol–water partition coefficient (Wildman–Crippen LogP) is 3.02. The predicted molar refractivity (Wildman–Crippen MR) is 115 cm³/mol. The van der Waals surface area contributed by atoms with E-state index >= 15 is 0 Å². The van der Waals surface area contributed by atoms with Gasteiger partial charge in [-0.15, -0.1) is 0 Å². The van der Waals surface area contributed by atoms with Crippen LogP contribution in [-0.4, -0.2) is 58.5 Å². The summed E-state index contributed by atoms with van der Waals surface area (Å²) in [6.45, 7) is 5.89. The van der Waals surface area contributed by atoms with Gasteiger partial charge in [0.2, 0.25) is 0 Å². The van der Waals surface area contributed by atoms with Crippen molar-refractivity contribution < 1.29 is 9.53 Å². The highest BCUT2D eigenvalue weighted by atomic mass is 16.5. The number of pyridine rings is 1. The van der Waals surface area contributed by atoms with Gasteiger partial charge in [0.25, 0.3) is 5.91 Å². The van der Waals surface area contributed by atoms with Crippen molar-refractivity contribution in [2.24, 2.45) is 11.8 Å². The molecule has 2 aliphatic heterocycles. The van der Waals surface area contributed by atoms with Gasteiger partial charge in [-0.05, 0) is 30.7 Å². The van der Waals surface area contributed by atoms with Crippen LogP contribution in [0, 0.1) is 11.8 Å². The molecule has 5 rings (SSSR count). The molecule has 0 aliphatic carbocycles. The molecule has 2 unspecified atom stereocenters. The van der Waals surface area contributed by atoms with E-state index in [0.29, 0.717) is 29.9 Å². The first-order chi connectivity index (χ1) is 14.7. The third kappa shape index (κ3) is 3.44. The van der Waals surface area contributed by atoms with E-state index in [1.165, 1.54) is 0 Å². The molecule has 1 amide bonds. The molecular weight excluding hydrogens is 378 g/mol. The first-order valence-corrected chi connectivity index (χ1v) is 10.6. The first-order valence-electron chi connectivity index (χ1n) is 10.6. The quantitative estimate of drug-likeness (QED) is 0.652. The number of anilines is 1. The van der Waals surface area contributed by atoms with Crippen LogP contribution < -0.4 is 9.64 Å². The molecule has 154 valence electrons. The summed E-state index contributed by atoms with van der Waals surface area (Å²) in [5.41, 5.74) is 2.25. The molecule has 7 heteroatoms. The Balaban J connectivity index is 1.27. The summed E-state index contributed by atoms with van der Waals surface area (Å²) in [5.74, 6) is 2.33. The second kappa shape index (κ2) is 7.89. The topological polar surface area (TPSA) is 71.5 Å². The molecule has 2 atom stereocenters. The van der Waals surface area contributed by atoms with Crippen LogP contribution in [0.4, 0.5) is 5.82 Å². The molecule has 0 spiro atoms. The van der Waals surface area contributed by atoms with Gasteiger partial charge in [0.1, 0.15) is 5.82 Å². The first kappa shape index (κ1) is 18.8. The van der Waals surface area contributed by atoms with Crippen molar-refractivity contribution in [3.05, 3.63) is 54.5 Å². The number of rotatable bonds is 5. The summed E-state index contributed by atoms with van der Waals surface area (Å²) >= 11 is 0. The fourth-order valence-electron chi connectivity index (χ4n) is 4.48. The number of carbonyl (C=O) groups is 1. The maximum Gasteiger partial charge on any atom is 0.276 e. The fraction of sp³-hybridized carbons (Fsp3) is 0.391. The maximum absolute atomic E-state index is 13.1. The number of ether oxygens (including phenoxy) is 1. The number of likely N-dealkylation sites (tertiary alicyclic amines) is 1. The molecule has 3 aromatic rings. The number of para-hydroxylation sites is 2. The number of amides is 1. The van der Waals surface area contributed by atoms with Gasteiger partial charge < -0.3 is 14.5 Å². The minimum atomic E-state index is -0.0341. The Hall–Kier alpha value is -3.22. The summed E-state index contributed by atoms with van der Waals surface area (Å²) in [6, 6.07) is 11.6. The fourth-order valence-corrected chi connectivity index (χ4v) is 4.48. The normalized spacial score (nSPS) is 20.6. The Morgan fingerprint density at radius 1 is 1.03 bits per heavy atom. The highest BCUT2D eigenvalue weighted by molar-refractivity contribution is 5.95. The minimum Gasteiger partial charge on any atom is -0.491 e. The van der Waals surface area contributed by atoms with Crippen LogP contribution in [0.1, 0.15) is 23.8 Å². The van der Waals surface area contributed by atoms with E-state index < -0.39 is 0 Å². The molecule has 0 radical (unpaired) electrons. The van der Waals surface area contributed by atoms with Crippen molar-refractivity contribution in [1.82, 2.24) is 19.9 Å². The van der Waals surface area contributed by atoms with Crippen LogP contribution in [-0.2, 0) is 0 Å². The van der Waals surface area contributed by atoms with Crippen LogP contribution in [0.25, 0.3) is 11.0 Å². The minimum absolute atomic E-state index is 0.0341. The third-order valence-corrected chi connectivity index (χ3v) is 5.97. The van der Waals surface area contributed by atoms with Crippen molar-refractivity contribution in [2.75, 3.05) is 37.7 Å². The molecule has 7 nitrogen and oxygen atoms in total. The van der Waals surface area contributed by atoms with Gasteiger partial charge in [0.05, 0.1) is 23.8 Å². The highest BCUT2D eigenvalue weighted by Crippen LogP contribution is 2.34. The molecule has 2 saturated heterocycles. The van der Waals surface area contributed by atoms with E-state index in [0.717, 1.165) is 49.5 Å². The van der Waals surface area contributed by atoms with Crippen molar-refractivity contribution in [1.29, 1.82) is 0 Å². The van der Waals surface area contributed by atoms with Crippen LogP contribution in [0.15, 0.2) is 48.8 Å². The van der Waals surface area contributed by atoms with Crippen LogP contribution in [0.5, 0.6) is 5.75 Å². The van der Waals surface area contributed by atoms with Crippen molar-refractivity contribution in [3.63, 3.8) is 0 Å². The average Bonchev–Trinajstić information content (AvgIpc) is 3.36. The molecular formula is C23H25N5O2. The van der Waals surface area contributed by atoms with Gasteiger partial charge in [0.15, 0.2) is 11.4 Å². The lowest BCUT2D eigenvalue weighted by Crippen LogP contribution is -2.34. The average molecular weight is 403 g/mol. The van der Waals surface area contributed by atoms with Gasteiger partial charge in [0, 0.05) is 44.2 Å². The second-order valence-corrected chi connectivity index (χ2v) is 8.05. The lowest BCUT2D eigenvalue weighted by molar-refractivity contribution is 0.0772. The van der Waals surface area contributed by atoms with Crippen molar-refractivity contribution in [2.45, 2.75) is 13.3 Å². The Labute approximate surface area is 175 Å². The zero-order chi connectivity index (χ0) is 20.5. The number of carbonyl (C=O) groups excluding carboxylic acids is 1. The summed E-state index contributed by atoms with van der Waals surface area (Å²) in [4.78, 5) is 31.0. The summed E-state index contributed by atoms with van der Waals surface area (Å²) in [5, 5.41) is 0. The number of fused-ring (bicyclic) bond motifs is 2. The highest BCUT2D eigenvalue weighted by Gasteiger charge is 2.42. The molecule has 2 aromatic heterocycles. The molecule has 1 aromatic carbocycles. The lowest BCUT2D eigenvalue weighted by atomic mass is 10.0. The smallest absolute Gasteiger partial charge is 0.276 e. The monoisotopic (exact) mass is 403 g/mol. The maximum atomic E-state index is 13.1. The Kier molecular flexibility index (Phi) is 4.94. The van der Waals surface area contributed by atoms with E-state index in [9.17, 15) is 4.79 Å². The molecule has 4 heterocycles. The van der Waals surface area contributed by atoms with Crippen LogP contribution in [0.2, 0.25) is 0 Å². The van der Waals surface area contributed by atoms with E-state index in [4.69, 9.17) is 9.72 Å². The van der Waals surface area contributed by atoms with Gasteiger partial charge in [-0.25, -0.2) is 9.97 Å². The standard InChI is InChI=1S/C23H25N5O2/c1-2-10-30-20-8-5-9-24-22(20)23(29)28-14-16-12-27(13-17(16)15-28)21-11-25-18-6-3-4-7-19(18)26-21/h3-9,11,16-17H,2,10,12-15H2,1H3. The van der Waals surface area contributed by atoms with E-state index in [1.54, 1.807) is 6.20 Å². The van der Waals surface area contributed by atoms with Crippen molar-refractivity contribution >= 4 is 22.8 Å². The summed E-state index contributed by atoms with van der Waals surface area (Å²) < 4.78 is 5.74. The largest absolute Gasteiger partial charge is 0.491 e. The zero-order valence-electron chi connectivity index (χ0n) is 17.1. The molecule has 30 heavy (non-hydrogen) atoms. The second-order valence-electron chi connectivity index (χ2n) is 8.05. The number of hydrogen-bond acceptors (Lipinski definition) is 6. The Morgan fingerprint density at radius 2 is 1.80 bits per heavy atom. The van der Waals surface area contributed by atoms with E-state index in [1.807, 2.05) is 54.4 Å². The van der Waals surface area contributed by atoms with E-state index in [2.05, 4.69) is 14.9 Å². The molecule has 0 N–H and O–H groups in total. The zero-order valence-corrected chi connectivity index (χ0v) is 17.1. The van der Waals surface area contributed by atoms with Crippen LogP contribution >= 0.6 is 0 Å². The number of nitrogens with zero attached hydrogens (tertiary/aromatic N) is 5.